The molecule has 1 saturated carbocycles. The highest BCUT2D eigenvalue weighted by molar-refractivity contribution is 4.86. The maximum Gasteiger partial charge on any atom is 0.0635 e. The van der Waals surface area contributed by atoms with Crippen LogP contribution in [-0.4, -0.2) is 37.1 Å². The minimum atomic E-state index is 0.669. The number of hydrogen-bond donors (Lipinski definition) is 1. The first-order valence-corrected chi connectivity index (χ1v) is 5.20. The SMILES string of the molecule is CCNCCN(CCC#N)C1CC1. The number of nitrogens with zero attached hydrogens (tertiary/aromatic N) is 2. The first-order chi connectivity index (χ1) is 6.38. The normalized spacial score (nSPS) is 16.1. The third-order valence-corrected chi connectivity index (χ3v) is 2.40. The van der Waals surface area contributed by atoms with Crippen LogP contribution in [0.4, 0.5) is 0 Å². The zero-order valence-electron chi connectivity index (χ0n) is 8.42. The molecule has 74 valence electrons. The summed E-state index contributed by atoms with van der Waals surface area (Å²) in [6, 6.07) is 2.99. The lowest BCUT2D eigenvalue weighted by Crippen LogP contribution is -2.34. The van der Waals surface area contributed by atoms with Gasteiger partial charge >= 0.3 is 0 Å². The maximum atomic E-state index is 8.50. The van der Waals surface area contributed by atoms with Crippen LogP contribution in [0.25, 0.3) is 0 Å². The second-order valence-electron chi connectivity index (χ2n) is 3.53. The Bertz CT molecular complexity index is 169. The number of nitriles is 1. The summed E-state index contributed by atoms with van der Waals surface area (Å²) in [5, 5.41) is 11.8. The molecule has 1 fully saturated rings. The van der Waals surface area contributed by atoms with Crippen molar-refractivity contribution < 1.29 is 0 Å². The minimum Gasteiger partial charge on any atom is -0.316 e. The fourth-order valence-corrected chi connectivity index (χ4v) is 1.51. The van der Waals surface area contributed by atoms with Crippen molar-refractivity contribution in [2.75, 3.05) is 26.2 Å². The highest BCUT2D eigenvalue weighted by atomic mass is 15.2. The lowest BCUT2D eigenvalue weighted by molar-refractivity contribution is 0.270. The van der Waals surface area contributed by atoms with Crippen LogP contribution in [0.15, 0.2) is 0 Å². The van der Waals surface area contributed by atoms with E-state index in [2.05, 4.69) is 23.2 Å². The molecule has 0 heterocycles. The Hall–Kier alpha value is -0.590. The highest BCUT2D eigenvalue weighted by Crippen LogP contribution is 2.26. The van der Waals surface area contributed by atoms with Gasteiger partial charge in [-0.05, 0) is 19.4 Å². The molecule has 0 aliphatic heterocycles. The van der Waals surface area contributed by atoms with E-state index >= 15 is 0 Å². The zero-order valence-corrected chi connectivity index (χ0v) is 8.42. The summed E-state index contributed by atoms with van der Waals surface area (Å²) in [5.41, 5.74) is 0. The van der Waals surface area contributed by atoms with E-state index in [1.54, 1.807) is 0 Å². The summed E-state index contributed by atoms with van der Waals surface area (Å²) in [6.45, 7) is 6.26. The minimum absolute atomic E-state index is 0.669. The van der Waals surface area contributed by atoms with E-state index in [-0.39, 0.29) is 0 Å². The van der Waals surface area contributed by atoms with Crippen LogP contribution in [0.1, 0.15) is 26.2 Å². The average Bonchev–Trinajstić information content (AvgIpc) is 2.94. The smallest absolute Gasteiger partial charge is 0.0635 e. The summed E-state index contributed by atoms with van der Waals surface area (Å²) >= 11 is 0. The third kappa shape index (κ3) is 4.25. The van der Waals surface area contributed by atoms with Crippen molar-refractivity contribution in [1.29, 1.82) is 5.26 Å². The maximum absolute atomic E-state index is 8.50. The molecule has 0 aromatic carbocycles. The average molecular weight is 181 g/mol. The number of nitrogens with one attached hydrogen (secondary N) is 1. The quantitative estimate of drug-likeness (QED) is 0.595. The molecule has 0 radical (unpaired) electrons. The molecule has 1 N–H and O–H groups in total. The van der Waals surface area contributed by atoms with Crippen LogP contribution >= 0.6 is 0 Å². The molecule has 0 saturated heterocycles. The number of likely N-dealkylation sites (N-methyl/N-ethyl adjacent to an activating group) is 1. The molecule has 0 aromatic rings. The van der Waals surface area contributed by atoms with Gasteiger partial charge in [0.2, 0.25) is 0 Å². The number of hydrogen-bond acceptors (Lipinski definition) is 3. The van der Waals surface area contributed by atoms with Gasteiger partial charge in [0.1, 0.15) is 0 Å². The van der Waals surface area contributed by atoms with Gasteiger partial charge in [0.05, 0.1) is 6.07 Å². The van der Waals surface area contributed by atoms with Gasteiger partial charge < -0.3 is 5.32 Å². The Balaban J connectivity index is 2.10. The standard InChI is InChI=1S/C10H19N3/c1-2-12-7-9-13(8-3-6-11)10-4-5-10/h10,12H,2-5,7-9H2,1H3. The lowest BCUT2D eigenvalue weighted by atomic mass is 10.3. The van der Waals surface area contributed by atoms with Crippen LogP contribution in [-0.2, 0) is 0 Å². The largest absolute Gasteiger partial charge is 0.316 e. The van der Waals surface area contributed by atoms with Crippen molar-refractivity contribution in [3.8, 4) is 6.07 Å². The first kappa shape index (κ1) is 10.5. The van der Waals surface area contributed by atoms with Crippen LogP contribution in [0, 0.1) is 11.3 Å². The van der Waals surface area contributed by atoms with Gasteiger partial charge in [0.15, 0.2) is 0 Å². The van der Waals surface area contributed by atoms with Crippen molar-refractivity contribution in [2.45, 2.75) is 32.2 Å². The monoisotopic (exact) mass is 181 g/mol. The summed E-state index contributed by atoms with van der Waals surface area (Å²) in [6.07, 6.45) is 3.33. The van der Waals surface area contributed by atoms with E-state index in [9.17, 15) is 0 Å². The van der Waals surface area contributed by atoms with Gasteiger partial charge in [0, 0.05) is 32.1 Å². The molecule has 3 heteroatoms. The fourth-order valence-electron chi connectivity index (χ4n) is 1.51. The van der Waals surface area contributed by atoms with E-state index < -0.39 is 0 Å². The van der Waals surface area contributed by atoms with Gasteiger partial charge in [-0.25, -0.2) is 0 Å². The van der Waals surface area contributed by atoms with Gasteiger partial charge in [0.25, 0.3) is 0 Å². The van der Waals surface area contributed by atoms with Crippen molar-refractivity contribution in [2.24, 2.45) is 0 Å². The molecule has 0 spiro atoms. The predicted octanol–water partition coefficient (Wildman–Crippen LogP) is 0.974. The molecular weight excluding hydrogens is 162 g/mol. The number of rotatable bonds is 7. The second-order valence-corrected chi connectivity index (χ2v) is 3.53. The molecule has 1 aliphatic carbocycles. The molecule has 1 aliphatic rings. The van der Waals surface area contributed by atoms with Gasteiger partial charge in [-0.15, -0.1) is 0 Å². The third-order valence-electron chi connectivity index (χ3n) is 2.40. The Kier molecular flexibility index (Phi) is 4.81. The van der Waals surface area contributed by atoms with Crippen molar-refractivity contribution in [1.82, 2.24) is 10.2 Å². The van der Waals surface area contributed by atoms with Gasteiger partial charge in [-0.2, -0.15) is 5.26 Å². The molecule has 3 nitrogen and oxygen atoms in total. The Morgan fingerprint density at radius 3 is 2.77 bits per heavy atom. The fraction of sp³-hybridized carbons (Fsp3) is 0.900. The molecule has 0 atom stereocenters. The predicted molar refractivity (Wildman–Crippen MR) is 53.4 cm³/mol. The van der Waals surface area contributed by atoms with E-state index in [1.165, 1.54) is 12.8 Å². The van der Waals surface area contributed by atoms with Crippen molar-refractivity contribution in [3.05, 3.63) is 0 Å². The summed E-state index contributed by atoms with van der Waals surface area (Å²) in [4.78, 5) is 2.44. The molecule has 0 amide bonds. The zero-order chi connectivity index (χ0) is 9.52. The molecule has 0 unspecified atom stereocenters. The Labute approximate surface area is 80.7 Å². The highest BCUT2D eigenvalue weighted by Gasteiger charge is 2.27. The van der Waals surface area contributed by atoms with E-state index in [0.717, 1.165) is 32.2 Å². The van der Waals surface area contributed by atoms with E-state index in [1.807, 2.05) is 0 Å². The van der Waals surface area contributed by atoms with Crippen LogP contribution in [0.3, 0.4) is 0 Å². The van der Waals surface area contributed by atoms with Gasteiger partial charge in [-0.3, -0.25) is 4.90 Å². The van der Waals surface area contributed by atoms with Crippen molar-refractivity contribution >= 4 is 0 Å². The summed E-state index contributed by atoms with van der Waals surface area (Å²) < 4.78 is 0. The molecule has 13 heavy (non-hydrogen) atoms. The molecule has 0 bridgehead atoms. The van der Waals surface area contributed by atoms with Crippen molar-refractivity contribution in [3.63, 3.8) is 0 Å². The topological polar surface area (TPSA) is 39.1 Å². The summed E-state index contributed by atoms with van der Waals surface area (Å²) in [7, 11) is 0. The van der Waals surface area contributed by atoms with E-state index in [4.69, 9.17) is 5.26 Å². The van der Waals surface area contributed by atoms with Crippen LogP contribution in [0.5, 0.6) is 0 Å². The molecule has 0 aromatic heterocycles. The molecule has 1 rings (SSSR count). The first-order valence-electron chi connectivity index (χ1n) is 5.20. The van der Waals surface area contributed by atoms with Gasteiger partial charge in [-0.1, -0.05) is 6.92 Å². The van der Waals surface area contributed by atoms with E-state index in [0.29, 0.717) is 6.42 Å². The summed E-state index contributed by atoms with van der Waals surface area (Å²) in [5.74, 6) is 0. The Morgan fingerprint density at radius 1 is 1.46 bits per heavy atom. The van der Waals surface area contributed by atoms with Crippen LogP contribution in [0.2, 0.25) is 0 Å². The molecular formula is C10H19N3. The lowest BCUT2D eigenvalue weighted by Gasteiger charge is -2.20. The second kappa shape index (κ2) is 5.95. The Morgan fingerprint density at radius 2 is 2.23 bits per heavy atom. The van der Waals surface area contributed by atoms with Crippen LogP contribution < -0.4 is 5.32 Å².